The van der Waals surface area contributed by atoms with Crippen LogP contribution in [0.1, 0.15) is 26.3 Å². The molecule has 1 rings (SSSR count). The van der Waals surface area contributed by atoms with Crippen LogP contribution in [-0.2, 0) is 6.42 Å². The van der Waals surface area contributed by atoms with Crippen molar-refractivity contribution >= 4 is 5.69 Å². The van der Waals surface area contributed by atoms with Gasteiger partial charge in [0.25, 0.3) is 0 Å². The van der Waals surface area contributed by atoms with Crippen molar-refractivity contribution in [2.24, 2.45) is 0 Å². The molecule has 1 N–H and O–H groups in total. The van der Waals surface area contributed by atoms with E-state index in [-0.39, 0.29) is 0 Å². The Morgan fingerprint density at radius 1 is 1.28 bits per heavy atom. The van der Waals surface area contributed by atoms with Gasteiger partial charge in [0.2, 0.25) is 0 Å². The highest BCUT2D eigenvalue weighted by atomic mass is 15.1. The second kappa shape index (κ2) is 7.22. The van der Waals surface area contributed by atoms with Gasteiger partial charge in [0.1, 0.15) is 0 Å². The molecule has 0 bridgehead atoms. The monoisotopic (exact) mass is 246 g/mol. The zero-order valence-electron chi connectivity index (χ0n) is 12.2. The third-order valence-electron chi connectivity index (χ3n) is 3.01. The molecular weight excluding hydrogens is 220 g/mol. The molecule has 0 saturated carbocycles. The minimum Gasteiger partial charge on any atom is -0.371 e. The number of aryl methyl sites for hydroxylation is 1. The largest absolute Gasteiger partial charge is 0.371 e. The second-order valence-corrected chi connectivity index (χ2v) is 5.16. The first kappa shape index (κ1) is 14.8. The predicted molar refractivity (Wildman–Crippen MR) is 81.4 cm³/mol. The van der Waals surface area contributed by atoms with Gasteiger partial charge in [0, 0.05) is 31.9 Å². The predicted octanol–water partition coefficient (Wildman–Crippen LogP) is 3.24. The molecule has 0 saturated heterocycles. The lowest BCUT2D eigenvalue weighted by Gasteiger charge is -2.21. The highest BCUT2D eigenvalue weighted by Crippen LogP contribution is 2.14. The zero-order valence-corrected chi connectivity index (χ0v) is 12.2. The highest BCUT2D eigenvalue weighted by Gasteiger charge is 2.03. The lowest BCUT2D eigenvalue weighted by Crippen LogP contribution is -2.29. The van der Waals surface area contributed by atoms with Crippen LogP contribution in [0.2, 0.25) is 0 Å². The maximum Gasteiger partial charge on any atom is 0.0395 e. The summed E-state index contributed by atoms with van der Waals surface area (Å²) < 4.78 is 0. The smallest absolute Gasteiger partial charge is 0.0395 e. The molecule has 0 aliphatic heterocycles. The molecule has 0 aliphatic rings. The van der Waals surface area contributed by atoms with Gasteiger partial charge in [-0.05, 0) is 29.7 Å². The van der Waals surface area contributed by atoms with Crippen molar-refractivity contribution in [1.29, 1.82) is 0 Å². The van der Waals surface area contributed by atoms with Gasteiger partial charge >= 0.3 is 0 Å². The Morgan fingerprint density at radius 3 is 2.39 bits per heavy atom. The summed E-state index contributed by atoms with van der Waals surface area (Å²) >= 11 is 0. The fraction of sp³-hybridized carbons (Fsp3) is 0.500. The summed E-state index contributed by atoms with van der Waals surface area (Å²) in [6, 6.07) is 9.27. The van der Waals surface area contributed by atoms with Gasteiger partial charge < -0.3 is 10.2 Å². The minimum absolute atomic E-state index is 0.510. The van der Waals surface area contributed by atoms with E-state index >= 15 is 0 Å². The average molecular weight is 246 g/mol. The molecule has 0 unspecified atom stereocenters. The van der Waals surface area contributed by atoms with E-state index in [4.69, 9.17) is 0 Å². The number of benzene rings is 1. The first-order chi connectivity index (χ1) is 8.52. The van der Waals surface area contributed by atoms with Crippen LogP contribution in [-0.4, -0.2) is 26.2 Å². The molecule has 0 aromatic heterocycles. The number of anilines is 1. The van der Waals surface area contributed by atoms with Gasteiger partial charge in [-0.15, -0.1) is 0 Å². The first-order valence-electron chi connectivity index (χ1n) is 6.73. The highest BCUT2D eigenvalue weighted by molar-refractivity contribution is 5.48. The summed E-state index contributed by atoms with van der Waals surface area (Å²) in [5.41, 5.74) is 3.84. The van der Waals surface area contributed by atoms with Crippen LogP contribution in [0.5, 0.6) is 0 Å². The van der Waals surface area contributed by atoms with Crippen LogP contribution in [0.15, 0.2) is 36.4 Å². The van der Waals surface area contributed by atoms with Crippen LogP contribution >= 0.6 is 0 Å². The summed E-state index contributed by atoms with van der Waals surface area (Å²) in [4.78, 5) is 2.24. The van der Waals surface area contributed by atoms with E-state index in [1.54, 1.807) is 0 Å². The maximum atomic E-state index is 4.12. The topological polar surface area (TPSA) is 15.3 Å². The summed E-state index contributed by atoms with van der Waals surface area (Å²) in [6.07, 6.45) is 1.09. The van der Waals surface area contributed by atoms with E-state index in [1.807, 2.05) is 0 Å². The first-order valence-corrected chi connectivity index (χ1v) is 6.73. The van der Waals surface area contributed by atoms with Crippen molar-refractivity contribution in [2.45, 2.75) is 33.2 Å². The quantitative estimate of drug-likeness (QED) is 0.743. The van der Waals surface area contributed by atoms with E-state index in [2.05, 4.69) is 68.9 Å². The Balaban J connectivity index is 2.48. The van der Waals surface area contributed by atoms with Gasteiger partial charge in [0.05, 0.1) is 0 Å². The van der Waals surface area contributed by atoms with Crippen molar-refractivity contribution in [3.8, 4) is 0 Å². The molecule has 1 aromatic rings. The number of nitrogens with one attached hydrogen (secondary N) is 1. The van der Waals surface area contributed by atoms with Gasteiger partial charge in [-0.1, -0.05) is 39.5 Å². The zero-order chi connectivity index (χ0) is 13.5. The van der Waals surface area contributed by atoms with E-state index in [1.165, 1.54) is 16.8 Å². The Labute approximate surface area is 112 Å². The Morgan fingerprint density at radius 2 is 1.89 bits per heavy atom. The van der Waals surface area contributed by atoms with E-state index < -0.39 is 0 Å². The van der Waals surface area contributed by atoms with E-state index in [0.717, 1.165) is 19.5 Å². The van der Waals surface area contributed by atoms with Crippen molar-refractivity contribution in [2.75, 3.05) is 25.0 Å². The van der Waals surface area contributed by atoms with E-state index in [9.17, 15) is 0 Å². The number of hydrogen-bond donors (Lipinski definition) is 1. The van der Waals surface area contributed by atoms with Crippen molar-refractivity contribution in [3.63, 3.8) is 0 Å². The Bertz CT molecular complexity index is 365. The van der Waals surface area contributed by atoms with Crippen molar-refractivity contribution < 1.29 is 0 Å². The molecule has 0 spiro atoms. The molecule has 0 heterocycles. The van der Waals surface area contributed by atoms with Crippen molar-refractivity contribution in [3.05, 3.63) is 42.0 Å². The van der Waals surface area contributed by atoms with Crippen LogP contribution in [0.25, 0.3) is 0 Å². The molecule has 1 aromatic carbocycles. The van der Waals surface area contributed by atoms with Crippen molar-refractivity contribution in [1.82, 2.24) is 5.32 Å². The standard InChI is InChI=1S/C16H26N2/c1-6-15-7-9-16(10-8-15)18(5)12-14(4)11-17-13(2)3/h7-10,13,17H,4,6,11-12H2,1-3,5H3. The van der Waals surface area contributed by atoms with Gasteiger partial charge in [-0.3, -0.25) is 0 Å². The summed E-state index contributed by atoms with van der Waals surface area (Å²) in [6.45, 7) is 12.4. The Hall–Kier alpha value is -1.28. The second-order valence-electron chi connectivity index (χ2n) is 5.16. The number of likely N-dealkylation sites (N-methyl/N-ethyl adjacent to an activating group) is 1. The normalized spacial score (nSPS) is 10.7. The van der Waals surface area contributed by atoms with Crippen LogP contribution < -0.4 is 10.2 Å². The fourth-order valence-corrected chi connectivity index (χ4v) is 1.82. The summed E-state index contributed by atoms with van der Waals surface area (Å²) in [5.74, 6) is 0. The van der Waals surface area contributed by atoms with Gasteiger partial charge in [-0.2, -0.15) is 0 Å². The third-order valence-corrected chi connectivity index (χ3v) is 3.01. The summed E-state index contributed by atoms with van der Waals surface area (Å²) in [7, 11) is 2.11. The molecule has 2 nitrogen and oxygen atoms in total. The SMILES string of the molecule is C=C(CNC(C)C)CN(C)c1ccc(CC)cc1. The molecule has 100 valence electrons. The molecule has 0 amide bonds. The molecule has 18 heavy (non-hydrogen) atoms. The Kier molecular flexibility index (Phi) is 5.93. The lowest BCUT2D eigenvalue weighted by atomic mass is 10.1. The van der Waals surface area contributed by atoms with Gasteiger partial charge in [-0.25, -0.2) is 0 Å². The molecular formula is C16H26N2. The van der Waals surface area contributed by atoms with Crippen LogP contribution in [0.3, 0.4) is 0 Å². The van der Waals surface area contributed by atoms with Crippen LogP contribution in [0, 0.1) is 0 Å². The number of nitrogens with zero attached hydrogens (tertiary/aromatic N) is 1. The lowest BCUT2D eigenvalue weighted by molar-refractivity contribution is 0.617. The summed E-state index contributed by atoms with van der Waals surface area (Å²) in [5, 5.41) is 3.39. The van der Waals surface area contributed by atoms with Gasteiger partial charge in [0.15, 0.2) is 0 Å². The maximum absolute atomic E-state index is 4.12. The minimum atomic E-state index is 0.510. The third kappa shape index (κ3) is 4.92. The molecule has 0 radical (unpaired) electrons. The fourth-order valence-electron chi connectivity index (χ4n) is 1.82. The number of rotatable bonds is 7. The molecule has 2 heteroatoms. The average Bonchev–Trinajstić information content (AvgIpc) is 2.36. The van der Waals surface area contributed by atoms with E-state index in [0.29, 0.717) is 6.04 Å². The number of hydrogen-bond acceptors (Lipinski definition) is 2. The molecule has 0 aliphatic carbocycles. The van der Waals surface area contributed by atoms with Crippen LogP contribution in [0.4, 0.5) is 5.69 Å². The molecule has 0 atom stereocenters. The molecule has 0 fully saturated rings.